The summed E-state index contributed by atoms with van der Waals surface area (Å²) in [6.07, 6.45) is 6.24. The van der Waals surface area contributed by atoms with E-state index in [-0.39, 0.29) is 24.0 Å². The lowest BCUT2D eigenvalue weighted by atomic mass is 10.1. The van der Waals surface area contributed by atoms with Gasteiger partial charge < -0.3 is 15.1 Å². The molecule has 1 aliphatic rings. The molecule has 0 spiro atoms. The van der Waals surface area contributed by atoms with Gasteiger partial charge in [0.15, 0.2) is 5.96 Å². The van der Waals surface area contributed by atoms with Crippen molar-refractivity contribution >= 4 is 29.9 Å². The Bertz CT molecular complexity index is 594. The van der Waals surface area contributed by atoms with Crippen molar-refractivity contribution in [1.29, 1.82) is 0 Å². The van der Waals surface area contributed by atoms with Crippen molar-refractivity contribution in [3.8, 4) is 0 Å². The number of aliphatic imine (C=N–C) groups is 1. The zero-order chi connectivity index (χ0) is 15.7. The number of nitrogens with one attached hydrogen (secondary N) is 2. The van der Waals surface area contributed by atoms with E-state index in [1.165, 1.54) is 18.4 Å². The summed E-state index contributed by atoms with van der Waals surface area (Å²) in [5.74, 6) is 2.72. The second-order valence-electron chi connectivity index (χ2n) is 6.05. The molecular formula is C19H26IN3O. The third-order valence-electron chi connectivity index (χ3n) is 4.00. The Kier molecular flexibility index (Phi) is 8.15. The SMILES string of the molecule is I.c1ccc(CCNC(=NCC2CC2)NCCc2ccco2)cc1. The zero-order valence-corrected chi connectivity index (χ0v) is 16.2. The molecule has 2 N–H and O–H groups in total. The third kappa shape index (κ3) is 6.95. The highest BCUT2D eigenvalue weighted by Gasteiger charge is 2.20. The molecule has 0 saturated heterocycles. The Balaban J connectivity index is 0.00000208. The normalized spacial score (nSPS) is 14.1. The number of furan rings is 1. The smallest absolute Gasteiger partial charge is 0.191 e. The number of benzene rings is 1. The van der Waals surface area contributed by atoms with Gasteiger partial charge >= 0.3 is 0 Å². The van der Waals surface area contributed by atoms with Gasteiger partial charge in [-0.25, -0.2) is 0 Å². The number of hydrogen-bond acceptors (Lipinski definition) is 2. The maximum Gasteiger partial charge on any atom is 0.191 e. The first-order chi connectivity index (χ1) is 11.4. The maximum atomic E-state index is 5.36. The van der Waals surface area contributed by atoms with Crippen molar-refractivity contribution in [2.75, 3.05) is 19.6 Å². The molecule has 130 valence electrons. The van der Waals surface area contributed by atoms with Crippen molar-refractivity contribution in [2.45, 2.75) is 25.7 Å². The topological polar surface area (TPSA) is 49.6 Å². The van der Waals surface area contributed by atoms with Crippen LogP contribution in [0, 0.1) is 5.92 Å². The van der Waals surface area contributed by atoms with E-state index in [2.05, 4.69) is 41.0 Å². The van der Waals surface area contributed by atoms with E-state index in [1.807, 2.05) is 12.1 Å². The molecule has 0 radical (unpaired) electrons. The first-order valence-electron chi connectivity index (χ1n) is 8.48. The molecule has 0 atom stereocenters. The molecule has 1 aliphatic carbocycles. The van der Waals surface area contributed by atoms with Crippen LogP contribution in [0.2, 0.25) is 0 Å². The molecule has 3 rings (SSSR count). The molecule has 0 unspecified atom stereocenters. The minimum absolute atomic E-state index is 0. The van der Waals surface area contributed by atoms with Crippen LogP contribution >= 0.6 is 24.0 Å². The van der Waals surface area contributed by atoms with Crippen LogP contribution in [0.4, 0.5) is 0 Å². The Morgan fingerprint density at radius 1 is 1.00 bits per heavy atom. The van der Waals surface area contributed by atoms with E-state index >= 15 is 0 Å². The molecular weight excluding hydrogens is 413 g/mol. The van der Waals surface area contributed by atoms with E-state index < -0.39 is 0 Å². The molecule has 0 bridgehead atoms. The van der Waals surface area contributed by atoms with Crippen molar-refractivity contribution in [1.82, 2.24) is 10.6 Å². The summed E-state index contributed by atoms with van der Waals surface area (Å²) >= 11 is 0. The van der Waals surface area contributed by atoms with E-state index in [0.29, 0.717) is 0 Å². The number of nitrogens with zero attached hydrogens (tertiary/aromatic N) is 1. The van der Waals surface area contributed by atoms with E-state index in [9.17, 15) is 0 Å². The lowest BCUT2D eigenvalue weighted by Gasteiger charge is -2.12. The summed E-state index contributed by atoms with van der Waals surface area (Å²) < 4.78 is 5.36. The summed E-state index contributed by atoms with van der Waals surface area (Å²) in [4.78, 5) is 4.70. The first kappa shape index (κ1) is 18.8. The van der Waals surface area contributed by atoms with Crippen LogP contribution in [0.3, 0.4) is 0 Å². The van der Waals surface area contributed by atoms with Gasteiger partial charge in [0.1, 0.15) is 5.76 Å². The quantitative estimate of drug-likeness (QED) is 0.375. The van der Waals surface area contributed by atoms with Gasteiger partial charge in [0, 0.05) is 26.1 Å². The molecule has 1 fully saturated rings. The number of hydrogen-bond donors (Lipinski definition) is 2. The average molecular weight is 439 g/mol. The maximum absolute atomic E-state index is 5.36. The van der Waals surface area contributed by atoms with Gasteiger partial charge in [-0.15, -0.1) is 24.0 Å². The van der Waals surface area contributed by atoms with Crippen molar-refractivity contribution in [3.63, 3.8) is 0 Å². The number of guanidine groups is 1. The average Bonchev–Trinajstić information content (AvgIpc) is 3.27. The molecule has 1 aromatic carbocycles. The fourth-order valence-corrected chi connectivity index (χ4v) is 2.42. The molecule has 24 heavy (non-hydrogen) atoms. The van der Waals surface area contributed by atoms with Gasteiger partial charge in [-0.2, -0.15) is 0 Å². The van der Waals surface area contributed by atoms with Crippen LogP contribution in [0.1, 0.15) is 24.2 Å². The molecule has 5 heteroatoms. The Morgan fingerprint density at radius 3 is 2.42 bits per heavy atom. The molecule has 4 nitrogen and oxygen atoms in total. The van der Waals surface area contributed by atoms with Gasteiger partial charge in [-0.3, -0.25) is 4.99 Å². The van der Waals surface area contributed by atoms with Crippen LogP contribution in [-0.2, 0) is 12.8 Å². The molecule has 1 saturated carbocycles. The van der Waals surface area contributed by atoms with Crippen molar-refractivity contribution < 1.29 is 4.42 Å². The highest BCUT2D eigenvalue weighted by atomic mass is 127. The van der Waals surface area contributed by atoms with Gasteiger partial charge in [0.05, 0.1) is 6.26 Å². The van der Waals surface area contributed by atoms with Crippen molar-refractivity contribution in [3.05, 3.63) is 60.1 Å². The lowest BCUT2D eigenvalue weighted by molar-refractivity contribution is 0.506. The predicted molar refractivity (Wildman–Crippen MR) is 109 cm³/mol. The minimum atomic E-state index is 0. The summed E-state index contributed by atoms with van der Waals surface area (Å²) in [6, 6.07) is 14.5. The molecule has 1 aromatic heterocycles. The van der Waals surface area contributed by atoms with Crippen LogP contribution in [0.5, 0.6) is 0 Å². The Morgan fingerprint density at radius 2 is 1.75 bits per heavy atom. The number of rotatable bonds is 8. The standard InChI is InChI=1S/C19H25N3O.HI/c1-2-5-16(6-3-1)10-12-20-19(22-15-17-8-9-17)21-13-11-18-7-4-14-23-18;/h1-7,14,17H,8-13,15H2,(H2,20,21,22);1H. The minimum Gasteiger partial charge on any atom is -0.469 e. The summed E-state index contributed by atoms with van der Waals surface area (Å²) in [6.45, 7) is 2.65. The van der Waals surface area contributed by atoms with Crippen molar-refractivity contribution in [2.24, 2.45) is 10.9 Å². The van der Waals surface area contributed by atoms with Crippen LogP contribution in [-0.4, -0.2) is 25.6 Å². The monoisotopic (exact) mass is 439 g/mol. The van der Waals surface area contributed by atoms with E-state index in [1.54, 1.807) is 6.26 Å². The number of halogens is 1. The summed E-state index contributed by atoms with van der Waals surface area (Å²) in [5, 5.41) is 6.85. The molecule has 0 aliphatic heterocycles. The van der Waals surface area contributed by atoms with Gasteiger partial charge in [0.25, 0.3) is 0 Å². The fraction of sp³-hybridized carbons (Fsp3) is 0.421. The van der Waals surface area contributed by atoms with Crippen LogP contribution < -0.4 is 10.6 Å². The lowest BCUT2D eigenvalue weighted by Crippen LogP contribution is -2.39. The Labute approximate surface area is 161 Å². The Hall–Kier alpha value is -1.50. The molecule has 2 aromatic rings. The zero-order valence-electron chi connectivity index (χ0n) is 13.9. The molecule has 0 amide bonds. The van der Waals surface area contributed by atoms with E-state index in [0.717, 1.165) is 50.1 Å². The van der Waals surface area contributed by atoms with Gasteiger partial charge in [-0.05, 0) is 42.9 Å². The van der Waals surface area contributed by atoms with Crippen LogP contribution in [0.25, 0.3) is 0 Å². The van der Waals surface area contributed by atoms with Crippen LogP contribution in [0.15, 0.2) is 58.1 Å². The van der Waals surface area contributed by atoms with Gasteiger partial charge in [0.2, 0.25) is 0 Å². The predicted octanol–water partition coefficient (Wildman–Crippen LogP) is 3.63. The second-order valence-corrected chi connectivity index (χ2v) is 6.05. The second kappa shape index (κ2) is 10.4. The largest absolute Gasteiger partial charge is 0.469 e. The first-order valence-corrected chi connectivity index (χ1v) is 8.48. The fourth-order valence-electron chi connectivity index (χ4n) is 2.42. The summed E-state index contributed by atoms with van der Waals surface area (Å²) in [7, 11) is 0. The third-order valence-corrected chi connectivity index (χ3v) is 4.00. The van der Waals surface area contributed by atoms with E-state index in [4.69, 9.17) is 9.41 Å². The summed E-state index contributed by atoms with van der Waals surface area (Å²) in [5.41, 5.74) is 1.34. The van der Waals surface area contributed by atoms with Gasteiger partial charge in [-0.1, -0.05) is 30.3 Å². The molecule has 1 heterocycles. The highest BCUT2D eigenvalue weighted by molar-refractivity contribution is 14.0. The highest BCUT2D eigenvalue weighted by Crippen LogP contribution is 2.28.